The summed E-state index contributed by atoms with van der Waals surface area (Å²) in [5, 5.41) is 0. The molecule has 0 bridgehead atoms. The topological polar surface area (TPSA) is 83.8 Å². The molecule has 80 heavy (non-hydrogen) atoms. The highest BCUT2D eigenvalue weighted by molar-refractivity contribution is 6.07. The lowest BCUT2D eigenvalue weighted by Gasteiger charge is -2.40. The molecular formula is C72H48N8. The third kappa shape index (κ3) is 9.02. The summed E-state index contributed by atoms with van der Waals surface area (Å²) in [7, 11) is 0. The van der Waals surface area contributed by atoms with E-state index in [1.165, 1.54) is 0 Å². The maximum absolute atomic E-state index is 5.66. The minimum absolute atomic E-state index is 0.545. The Balaban J connectivity index is 1.07. The molecule has 13 aromatic rings. The second-order valence-electron chi connectivity index (χ2n) is 19.5. The van der Waals surface area contributed by atoms with Crippen molar-refractivity contribution in [3.63, 3.8) is 0 Å². The first kappa shape index (κ1) is 47.5. The molecule has 0 saturated carbocycles. The fourth-order valence-electron chi connectivity index (χ4n) is 10.7. The van der Waals surface area contributed by atoms with E-state index in [2.05, 4.69) is 216 Å². The molecule has 1 aliphatic heterocycles. The predicted octanol–water partition coefficient (Wildman–Crippen LogP) is 18.3. The SMILES string of the molecule is c1ccc(-c2cc(-c3ccc(N4c5ccccc5N(c5nc(-c6ccccc6)cc(-c6ccccc6)n5)c5ccccc54)c(-c4nc(-c5ccccc5)cc(-c5ccccc5)n4)c3-c3ccccc3)nc(-c3ccccc3)n2)cc1. The molecule has 0 unspecified atom stereocenters. The van der Waals surface area contributed by atoms with Gasteiger partial charge in [-0.2, -0.15) is 0 Å². The summed E-state index contributed by atoms with van der Waals surface area (Å²) < 4.78 is 0. The molecular weight excluding hydrogens is 977 g/mol. The summed E-state index contributed by atoms with van der Waals surface area (Å²) >= 11 is 0. The van der Waals surface area contributed by atoms with Crippen LogP contribution in [-0.2, 0) is 0 Å². The van der Waals surface area contributed by atoms with Gasteiger partial charge < -0.3 is 4.90 Å². The fraction of sp³-hybridized carbons (Fsp3) is 0. The van der Waals surface area contributed by atoms with Gasteiger partial charge in [-0.25, -0.2) is 29.9 Å². The van der Waals surface area contributed by atoms with Crippen molar-refractivity contribution < 1.29 is 0 Å². The molecule has 10 aromatic carbocycles. The maximum atomic E-state index is 5.66. The van der Waals surface area contributed by atoms with Crippen molar-refractivity contribution in [2.45, 2.75) is 0 Å². The normalized spacial score (nSPS) is 11.7. The van der Waals surface area contributed by atoms with Crippen LogP contribution in [0.15, 0.2) is 291 Å². The van der Waals surface area contributed by atoms with E-state index in [4.69, 9.17) is 29.9 Å². The first-order chi connectivity index (χ1) is 39.7. The third-order valence-electron chi connectivity index (χ3n) is 14.5. The Kier molecular flexibility index (Phi) is 12.4. The van der Waals surface area contributed by atoms with E-state index in [0.29, 0.717) is 17.6 Å². The molecule has 0 saturated heterocycles. The Morgan fingerprint density at radius 1 is 0.200 bits per heavy atom. The number of para-hydroxylation sites is 4. The van der Waals surface area contributed by atoms with E-state index in [1.54, 1.807) is 0 Å². The molecule has 0 radical (unpaired) electrons. The van der Waals surface area contributed by atoms with Gasteiger partial charge in [0.2, 0.25) is 5.95 Å². The zero-order valence-corrected chi connectivity index (χ0v) is 43.3. The van der Waals surface area contributed by atoms with Gasteiger partial charge in [0.15, 0.2) is 11.6 Å². The molecule has 8 heteroatoms. The van der Waals surface area contributed by atoms with Crippen LogP contribution in [-0.4, -0.2) is 29.9 Å². The molecule has 3 aromatic heterocycles. The summed E-state index contributed by atoms with van der Waals surface area (Å²) in [5.74, 6) is 1.71. The van der Waals surface area contributed by atoms with Gasteiger partial charge in [-0.1, -0.05) is 243 Å². The number of fused-ring (bicyclic) bond motifs is 2. The first-order valence-corrected chi connectivity index (χ1v) is 26.7. The molecule has 14 rings (SSSR count). The monoisotopic (exact) mass is 1020 g/mol. The van der Waals surface area contributed by atoms with E-state index in [9.17, 15) is 0 Å². The van der Waals surface area contributed by atoms with E-state index in [0.717, 1.165) is 118 Å². The van der Waals surface area contributed by atoms with E-state index < -0.39 is 0 Å². The molecule has 376 valence electrons. The second kappa shape index (κ2) is 20.9. The number of hydrogen-bond donors (Lipinski definition) is 0. The number of benzene rings is 10. The van der Waals surface area contributed by atoms with Gasteiger partial charge in [-0.15, -0.1) is 0 Å². The van der Waals surface area contributed by atoms with Gasteiger partial charge in [-0.05, 0) is 54.1 Å². The van der Waals surface area contributed by atoms with Crippen LogP contribution in [0, 0.1) is 0 Å². The average molecular weight is 1030 g/mol. The lowest BCUT2D eigenvalue weighted by Crippen LogP contribution is -2.26. The van der Waals surface area contributed by atoms with E-state index in [-0.39, 0.29) is 0 Å². The summed E-state index contributed by atoms with van der Waals surface area (Å²) in [6.45, 7) is 0. The van der Waals surface area contributed by atoms with Gasteiger partial charge >= 0.3 is 0 Å². The molecule has 8 nitrogen and oxygen atoms in total. The zero-order valence-electron chi connectivity index (χ0n) is 43.3. The number of hydrogen-bond acceptors (Lipinski definition) is 8. The van der Waals surface area contributed by atoms with Gasteiger partial charge in [0.1, 0.15) is 0 Å². The van der Waals surface area contributed by atoms with Gasteiger partial charge in [0, 0.05) is 44.5 Å². The summed E-state index contributed by atoms with van der Waals surface area (Å²) in [6, 6.07) is 100. The Bertz CT molecular complexity index is 4120. The molecule has 0 atom stereocenters. The Morgan fingerprint density at radius 3 is 0.900 bits per heavy atom. The summed E-state index contributed by atoms with van der Waals surface area (Å²) in [5.41, 5.74) is 18.7. The molecule has 0 N–H and O–H groups in total. The standard InChI is InChI=1S/C72H48N8/c1-8-26-49(27-9-1)57-46-58(50-28-10-2-11-29-50)75-71(74-57)69-67(45-44-56(68(69)54-36-18-6-19-37-54)62-48-59(51-30-12-3-13-31-51)73-70(76-62)55-38-20-7-21-39-55)79-63-40-22-24-42-65(63)80(66-43-25-23-41-64(66)79)72-77-60(52-32-14-4-15-33-52)47-61(78-72)53-34-16-5-17-35-53/h1-48H. The first-order valence-electron chi connectivity index (χ1n) is 26.7. The van der Waals surface area contributed by atoms with Crippen LogP contribution < -0.4 is 9.80 Å². The Labute approximate surface area is 464 Å². The van der Waals surface area contributed by atoms with Crippen molar-refractivity contribution >= 4 is 34.4 Å². The minimum Gasteiger partial charge on any atom is -0.306 e. The Morgan fingerprint density at radius 2 is 0.500 bits per heavy atom. The van der Waals surface area contributed by atoms with Crippen molar-refractivity contribution in [2.24, 2.45) is 0 Å². The number of rotatable bonds is 11. The van der Waals surface area contributed by atoms with Crippen LogP contribution in [0.2, 0.25) is 0 Å². The number of nitrogens with zero attached hydrogens (tertiary/aromatic N) is 8. The smallest absolute Gasteiger partial charge is 0.235 e. The van der Waals surface area contributed by atoms with Crippen LogP contribution in [0.25, 0.3) is 101 Å². The largest absolute Gasteiger partial charge is 0.306 e. The van der Waals surface area contributed by atoms with Crippen molar-refractivity contribution in [1.82, 2.24) is 29.9 Å². The Hall–Kier alpha value is -11.0. The molecule has 1 aliphatic rings. The highest BCUT2D eigenvalue weighted by Crippen LogP contribution is 2.57. The van der Waals surface area contributed by atoms with Crippen LogP contribution in [0.5, 0.6) is 0 Å². The molecule has 0 spiro atoms. The predicted molar refractivity (Wildman–Crippen MR) is 325 cm³/mol. The molecule has 0 fully saturated rings. The maximum Gasteiger partial charge on any atom is 0.235 e. The van der Waals surface area contributed by atoms with Crippen LogP contribution in [0.1, 0.15) is 0 Å². The van der Waals surface area contributed by atoms with Crippen molar-refractivity contribution in [1.29, 1.82) is 0 Å². The number of anilines is 6. The quantitative estimate of drug-likeness (QED) is 0.127. The van der Waals surface area contributed by atoms with Crippen molar-refractivity contribution in [3.8, 4) is 101 Å². The lowest BCUT2D eigenvalue weighted by molar-refractivity contribution is 1.06. The molecule has 0 aliphatic carbocycles. The van der Waals surface area contributed by atoms with Gasteiger partial charge in [0.25, 0.3) is 0 Å². The van der Waals surface area contributed by atoms with Crippen LogP contribution in [0.3, 0.4) is 0 Å². The molecule has 0 amide bonds. The van der Waals surface area contributed by atoms with Gasteiger partial charge in [0.05, 0.1) is 68.2 Å². The van der Waals surface area contributed by atoms with Crippen LogP contribution >= 0.6 is 0 Å². The van der Waals surface area contributed by atoms with Crippen molar-refractivity contribution in [2.75, 3.05) is 9.80 Å². The van der Waals surface area contributed by atoms with Crippen LogP contribution in [0.4, 0.5) is 34.4 Å². The highest BCUT2D eigenvalue weighted by atomic mass is 15.3. The van der Waals surface area contributed by atoms with Gasteiger partial charge in [-0.3, -0.25) is 4.90 Å². The summed E-state index contributed by atoms with van der Waals surface area (Å²) in [6.07, 6.45) is 0. The number of aromatic nitrogens is 6. The lowest BCUT2D eigenvalue weighted by atomic mass is 9.89. The third-order valence-corrected chi connectivity index (χ3v) is 14.5. The van der Waals surface area contributed by atoms with Crippen molar-refractivity contribution in [3.05, 3.63) is 291 Å². The highest BCUT2D eigenvalue weighted by Gasteiger charge is 2.35. The summed E-state index contributed by atoms with van der Waals surface area (Å²) in [4.78, 5) is 37.4. The fourth-order valence-corrected chi connectivity index (χ4v) is 10.7. The van der Waals surface area contributed by atoms with E-state index in [1.807, 2.05) is 84.9 Å². The molecule has 4 heterocycles. The zero-order chi connectivity index (χ0) is 53.2. The van der Waals surface area contributed by atoms with E-state index >= 15 is 0 Å². The average Bonchev–Trinajstić information content (AvgIpc) is 3.66. The second-order valence-corrected chi connectivity index (χ2v) is 19.5. The minimum atomic E-state index is 0.545.